The molecule has 1 aromatic rings. The second-order valence-electron chi connectivity index (χ2n) is 4.88. The van der Waals surface area contributed by atoms with Crippen LogP contribution in [0.25, 0.3) is 0 Å². The van der Waals surface area contributed by atoms with Crippen molar-refractivity contribution in [2.24, 2.45) is 0 Å². The Balaban J connectivity index is 0.00000180. The zero-order chi connectivity index (χ0) is 13.1. The minimum Gasteiger partial charge on any atom is -0.360 e. The summed E-state index contributed by atoms with van der Waals surface area (Å²) in [6, 6.07) is 0.498. The van der Waals surface area contributed by atoms with E-state index in [2.05, 4.69) is 22.7 Å². The van der Waals surface area contributed by atoms with Gasteiger partial charge in [0.15, 0.2) is 0 Å². The molecule has 2 N–H and O–H groups in total. The molecule has 0 spiro atoms. The van der Waals surface area contributed by atoms with Gasteiger partial charge in [0.05, 0.1) is 5.69 Å². The third kappa shape index (κ3) is 3.48. The first-order valence-electron chi connectivity index (χ1n) is 6.62. The lowest BCUT2D eigenvalue weighted by atomic mass is 9.99. The maximum Gasteiger partial charge on any atom is 0.257 e. The minimum atomic E-state index is -0.0638. The molecule has 108 valence electrons. The highest BCUT2D eigenvalue weighted by atomic mass is 35.5. The number of rotatable bonds is 3. The summed E-state index contributed by atoms with van der Waals surface area (Å²) in [5.41, 5.74) is 1.27. The van der Waals surface area contributed by atoms with Crippen molar-refractivity contribution in [1.29, 1.82) is 0 Å². The predicted octanol–water partition coefficient (Wildman–Crippen LogP) is 1.84. The molecule has 2 unspecified atom stereocenters. The summed E-state index contributed by atoms with van der Waals surface area (Å²) in [6.07, 6.45) is 2.80. The molecule has 2 heterocycles. The number of piperidine rings is 1. The van der Waals surface area contributed by atoms with E-state index in [1.54, 1.807) is 6.92 Å². The van der Waals surface area contributed by atoms with Crippen LogP contribution in [-0.4, -0.2) is 29.7 Å². The lowest BCUT2D eigenvalue weighted by Crippen LogP contribution is -2.52. The van der Waals surface area contributed by atoms with Gasteiger partial charge in [0.25, 0.3) is 5.91 Å². The molecule has 1 fully saturated rings. The summed E-state index contributed by atoms with van der Waals surface area (Å²) in [4.78, 5) is 12.3. The zero-order valence-electron chi connectivity index (χ0n) is 11.7. The van der Waals surface area contributed by atoms with Gasteiger partial charge in [-0.3, -0.25) is 4.79 Å². The molecule has 1 saturated heterocycles. The van der Waals surface area contributed by atoms with E-state index in [-0.39, 0.29) is 24.4 Å². The lowest BCUT2D eigenvalue weighted by Gasteiger charge is -2.30. The molecule has 1 amide bonds. The number of hydrogen-bond donors (Lipinski definition) is 2. The van der Waals surface area contributed by atoms with Gasteiger partial charge in [-0.2, -0.15) is 0 Å². The predicted molar refractivity (Wildman–Crippen MR) is 75.8 cm³/mol. The first-order chi connectivity index (χ1) is 8.63. The number of carbonyl (C=O) groups is 1. The fraction of sp³-hybridized carbons (Fsp3) is 0.692. The fourth-order valence-electron chi connectivity index (χ4n) is 2.43. The molecule has 0 aromatic carbocycles. The van der Waals surface area contributed by atoms with E-state index in [9.17, 15) is 4.79 Å². The third-order valence-electron chi connectivity index (χ3n) is 3.56. The molecule has 0 bridgehead atoms. The van der Waals surface area contributed by atoms with E-state index in [1.165, 1.54) is 0 Å². The van der Waals surface area contributed by atoms with Crippen LogP contribution in [0.15, 0.2) is 4.52 Å². The number of aromatic nitrogens is 1. The largest absolute Gasteiger partial charge is 0.360 e. The van der Waals surface area contributed by atoms with Crippen molar-refractivity contribution in [2.45, 2.75) is 52.1 Å². The maximum atomic E-state index is 12.3. The molecule has 0 aliphatic carbocycles. The van der Waals surface area contributed by atoms with Gasteiger partial charge < -0.3 is 15.2 Å². The SMILES string of the molecule is CCc1onc(C)c1C(=O)NC1CCCNC1C.Cl. The van der Waals surface area contributed by atoms with Crippen LogP contribution >= 0.6 is 12.4 Å². The van der Waals surface area contributed by atoms with Crippen molar-refractivity contribution in [3.8, 4) is 0 Å². The molecular formula is C13H22ClN3O2. The summed E-state index contributed by atoms with van der Waals surface area (Å²) < 4.78 is 5.16. The van der Waals surface area contributed by atoms with Crippen molar-refractivity contribution in [2.75, 3.05) is 6.54 Å². The smallest absolute Gasteiger partial charge is 0.257 e. The van der Waals surface area contributed by atoms with Crippen LogP contribution in [0.2, 0.25) is 0 Å². The van der Waals surface area contributed by atoms with E-state index in [0.717, 1.165) is 19.4 Å². The first-order valence-corrected chi connectivity index (χ1v) is 6.62. The molecule has 1 aromatic heterocycles. The van der Waals surface area contributed by atoms with E-state index in [0.29, 0.717) is 29.5 Å². The van der Waals surface area contributed by atoms with E-state index >= 15 is 0 Å². The van der Waals surface area contributed by atoms with Crippen molar-refractivity contribution in [1.82, 2.24) is 15.8 Å². The monoisotopic (exact) mass is 287 g/mol. The Morgan fingerprint density at radius 2 is 2.32 bits per heavy atom. The van der Waals surface area contributed by atoms with Crippen molar-refractivity contribution < 1.29 is 9.32 Å². The average Bonchev–Trinajstić information content (AvgIpc) is 2.73. The Kier molecular flexibility index (Phi) is 5.82. The van der Waals surface area contributed by atoms with Crippen LogP contribution in [-0.2, 0) is 6.42 Å². The minimum absolute atomic E-state index is 0. The standard InChI is InChI=1S/C13H21N3O2.ClH/c1-4-11-12(9(3)16-18-11)13(17)15-10-6-5-7-14-8(10)2;/h8,10,14H,4-7H2,1-3H3,(H,15,17);1H. The number of aryl methyl sites for hydroxylation is 2. The molecule has 2 rings (SSSR count). The summed E-state index contributed by atoms with van der Waals surface area (Å²) >= 11 is 0. The van der Waals surface area contributed by atoms with Crippen LogP contribution in [0.3, 0.4) is 0 Å². The van der Waals surface area contributed by atoms with Crippen LogP contribution in [0.1, 0.15) is 48.5 Å². The number of nitrogens with zero attached hydrogens (tertiary/aromatic N) is 1. The van der Waals surface area contributed by atoms with Gasteiger partial charge in [0.1, 0.15) is 11.3 Å². The van der Waals surface area contributed by atoms with Crippen molar-refractivity contribution >= 4 is 18.3 Å². The van der Waals surface area contributed by atoms with Crippen LogP contribution < -0.4 is 10.6 Å². The Morgan fingerprint density at radius 1 is 1.58 bits per heavy atom. The third-order valence-corrected chi connectivity index (χ3v) is 3.56. The molecule has 2 atom stereocenters. The van der Waals surface area contributed by atoms with Crippen LogP contribution in [0.4, 0.5) is 0 Å². The van der Waals surface area contributed by atoms with Crippen LogP contribution in [0.5, 0.6) is 0 Å². The quantitative estimate of drug-likeness (QED) is 0.890. The second kappa shape index (κ2) is 6.91. The van der Waals surface area contributed by atoms with Gasteiger partial charge in [0.2, 0.25) is 0 Å². The summed E-state index contributed by atoms with van der Waals surface area (Å²) in [6.45, 7) is 6.90. The van der Waals surface area contributed by atoms with Gasteiger partial charge in [-0.15, -0.1) is 12.4 Å². The molecule has 19 heavy (non-hydrogen) atoms. The highest BCUT2D eigenvalue weighted by Crippen LogP contribution is 2.16. The summed E-state index contributed by atoms with van der Waals surface area (Å²) in [5, 5.41) is 10.3. The second-order valence-corrected chi connectivity index (χ2v) is 4.88. The topological polar surface area (TPSA) is 67.2 Å². The maximum absolute atomic E-state index is 12.3. The highest BCUT2D eigenvalue weighted by Gasteiger charge is 2.26. The number of nitrogens with one attached hydrogen (secondary N) is 2. The Bertz CT molecular complexity index is 434. The molecular weight excluding hydrogens is 266 g/mol. The molecule has 6 heteroatoms. The Labute approximate surface area is 119 Å². The average molecular weight is 288 g/mol. The van der Waals surface area contributed by atoms with Gasteiger partial charge in [-0.05, 0) is 33.2 Å². The molecule has 0 radical (unpaired) electrons. The number of carbonyl (C=O) groups excluding carboxylic acids is 1. The molecule has 1 aliphatic rings. The number of halogens is 1. The highest BCUT2D eigenvalue weighted by molar-refractivity contribution is 5.96. The fourth-order valence-corrected chi connectivity index (χ4v) is 2.43. The van der Waals surface area contributed by atoms with Gasteiger partial charge >= 0.3 is 0 Å². The number of hydrogen-bond acceptors (Lipinski definition) is 4. The Morgan fingerprint density at radius 3 is 2.95 bits per heavy atom. The van der Waals surface area contributed by atoms with Crippen LogP contribution in [0, 0.1) is 6.92 Å². The zero-order valence-corrected chi connectivity index (χ0v) is 12.5. The van der Waals surface area contributed by atoms with Gasteiger partial charge in [0, 0.05) is 18.5 Å². The van der Waals surface area contributed by atoms with E-state index < -0.39 is 0 Å². The number of amides is 1. The first kappa shape index (κ1) is 16.0. The van der Waals surface area contributed by atoms with Crippen molar-refractivity contribution in [3.05, 3.63) is 17.0 Å². The van der Waals surface area contributed by atoms with Gasteiger partial charge in [-0.25, -0.2) is 0 Å². The lowest BCUT2D eigenvalue weighted by molar-refractivity contribution is 0.0917. The van der Waals surface area contributed by atoms with E-state index in [1.807, 2.05) is 6.92 Å². The van der Waals surface area contributed by atoms with E-state index in [4.69, 9.17) is 4.52 Å². The Hall–Kier alpha value is -1.07. The summed E-state index contributed by atoms with van der Waals surface area (Å²) in [5.74, 6) is 0.604. The summed E-state index contributed by atoms with van der Waals surface area (Å²) in [7, 11) is 0. The van der Waals surface area contributed by atoms with Crippen molar-refractivity contribution in [3.63, 3.8) is 0 Å². The molecule has 1 aliphatic heterocycles. The van der Waals surface area contributed by atoms with Gasteiger partial charge in [-0.1, -0.05) is 12.1 Å². The molecule has 0 saturated carbocycles. The normalized spacial score (nSPS) is 22.7. The molecule has 5 nitrogen and oxygen atoms in total.